The molecule has 1 saturated carbocycles. The molecule has 0 spiro atoms. The normalized spacial score (nSPS) is 30.5. The van der Waals surface area contributed by atoms with E-state index in [1.807, 2.05) is 13.8 Å². The number of rotatable bonds is 2. The van der Waals surface area contributed by atoms with E-state index in [9.17, 15) is 4.79 Å². The fourth-order valence-electron chi connectivity index (χ4n) is 1.46. The van der Waals surface area contributed by atoms with Crippen molar-refractivity contribution in [1.82, 2.24) is 0 Å². The molecule has 3 nitrogen and oxygen atoms in total. The van der Waals surface area contributed by atoms with Crippen LogP contribution in [0.15, 0.2) is 0 Å². The van der Waals surface area contributed by atoms with Gasteiger partial charge in [-0.05, 0) is 18.8 Å². The molecule has 3 heteroatoms. The molecule has 1 aliphatic carbocycles. The summed E-state index contributed by atoms with van der Waals surface area (Å²) in [5, 5.41) is 8.84. The topological polar surface area (TPSA) is 50.1 Å². The third-order valence-corrected chi connectivity index (χ3v) is 2.55. The maximum atomic E-state index is 11.3. The first-order valence-corrected chi connectivity index (χ1v) is 4.08. The van der Waals surface area contributed by atoms with E-state index in [1.54, 1.807) is 6.92 Å². The minimum Gasteiger partial charge on any atom is -0.465 e. The molecular weight excluding hydrogens is 154 g/mol. The van der Waals surface area contributed by atoms with Gasteiger partial charge in [0.15, 0.2) is 5.41 Å². The van der Waals surface area contributed by atoms with Crippen LogP contribution in [0.2, 0.25) is 0 Å². The summed E-state index contributed by atoms with van der Waals surface area (Å²) >= 11 is 0. The van der Waals surface area contributed by atoms with Crippen LogP contribution >= 0.6 is 0 Å². The third kappa shape index (κ3) is 0.989. The molecular formula is C9H13NO2. The van der Waals surface area contributed by atoms with Crippen molar-refractivity contribution in [2.75, 3.05) is 6.61 Å². The maximum absolute atomic E-state index is 11.3. The van der Waals surface area contributed by atoms with Crippen LogP contribution in [-0.2, 0) is 9.53 Å². The second kappa shape index (κ2) is 2.48. The second-order valence-corrected chi connectivity index (χ2v) is 3.80. The van der Waals surface area contributed by atoms with Gasteiger partial charge in [0.05, 0.1) is 12.7 Å². The van der Waals surface area contributed by atoms with Gasteiger partial charge >= 0.3 is 5.97 Å². The number of carbonyl (C=O) groups is 1. The largest absolute Gasteiger partial charge is 0.465 e. The molecule has 0 aromatic carbocycles. The van der Waals surface area contributed by atoms with E-state index in [2.05, 4.69) is 6.07 Å². The lowest BCUT2D eigenvalue weighted by Gasteiger charge is -2.09. The third-order valence-electron chi connectivity index (χ3n) is 2.55. The van der Waals surface area contributed by atoms with Crippen molar-refractivity contribution >= 4 is 5.97 Å². The van der Waals surface area contributed by atoms with Crippen LogP contribution in [0, 0.1) is 22.2 Å². The van der Waals surface area contributed by atoms with E-state index in [-0.39, 0.29) is 11.4 Å². The standard InChI is InChI=1S/C9H13NO2/c1-4-12-7(11)9(6-10)5-8(9,2)3/h4-5H2,1-3H3/t9-/m0/s1. The molecule has 0 bridgehead atoms. The van der Waals surface area contributed by atoms with Crippen LogP contribution in [0.5, 0.6) is 0 Å². The van der Waals surface area contributed by atoms with Gasteiger partial charge in [0, 0.05) is 0 Å². The molecule has 1 fully saturated rings. The highest BCUT2D eigenvalue weighted by Gasteiger charge is 2.68. The highest BCUT2D eigenvalue weighted by atomic mass is 16.5. The Morgan fingerprint density at radius 2 is 2.17 bits per heavy atom. The van der Waals surface area contributed by atoms with Crippen LogP contribution in [0.1, 0.15) is 27.2 Å². The van der Waals surface area contributed by atoms with Gasteiger partial charge in [-0.2, -0.15) is 5.26 Å². The molecule has 0 saturated heterocycles. The Hall–Kier alpha value is -1.04. The highest BCUT2D eigenvalue weighted by molar-refractivity contribution is 5.85. The minimum atomic E-state index is -0.858. The zero-order valence-electron chi connectivity index (χ0n) is 7.68. The number of nitrogens with zero attached hydrogens (tertiary/aromatic N) is 1. The van der Waals surface area contributed by atoms with Crippen LogP contribution < -0.4 is 0 Å². The summed E-state index contributed by atoms with van der Waals surface area (Å²) in [6.45, 7) is 5.91. The van der Waals surface area contributed by atoms with Gasteiger partial charge < -0.3 is 4.74 Å². The fraction of sp³-hybridized carbons (Fsp3) is 0.778. The Morgan fingerprint density at radius 3 is 2.42 bits per heavy atom. The number of nitriles is 1. The number of hydrogen-bond donors (Lipinski definition) is 0. The second-order valence-electron chi connectivity index (χ2n) is 3.80. The van der Waals surface area contributed by atoms with E-state index in [0.717, 1.165) is 0 Å². The first-order valence-electron chi connectivity index (χ1n) is 4.08. The molecule has 0 heterocycles. The monoisotopic (exact) mass is 167 g/mol. The van der Waals surface area contributed by atoms with E-state index < -0.39 is 5.41 Å². The summed E-state index contributed by atoms with van der Waals surface area (Å²) in [6.07, 6.45) is 0.620. The van der Waals surface area contributed by atoms with Gasteiger partial charge in [-0.15, -0.1) is 0 Å². The molecule has 0 aromatic heterocycles. The van der Waals surface area contributed by atoms with Crippen molar-refractivity contribution in [2.24, 2.45) is 10.8 Å². The van der Waals surface area contributed by atoms with Crippen LogP contribution in [0.25, 0.3) is 0 Å². The zero-order chi connectivity index (χ0) is 9.41. The van der Waals surface area contributed by atoms with E-state index >= 15 is 0 Å². The number of ether oxygens (including phenoxy) is 1. The molecule has 1 atom stereocenters. The number of carbonyl (C=O) groups excluding carboxylic acids is 1. The van der Waals surface area contributed by atoms with E-state index in [1.165, 1.54) is 0 Å². The lowest BCUT2D eigenvalue weighted by atomic mass is 9.98. The van der Waals surface area contributed by atoms with Crippen LogP contribution in [0.4, 0.5) is 0 Å². The summed E-state index contributed by atoms with van der Waals surface area (Å²) in [5.74, 6) is -0.363. The first kappa shape index (κ1) is 9.05. The predicted molar refractivity (Wildman–Crippen MR) is 43.1 cm³/mol. The quantitative estimate of drug-likeness (QED) is 0.585. The molecule has 0 N–H and O–H groups in total. The van der Waals surface area contributed by atoms with Gasteiger partial charge in [0.25, 0.3) is 0 Å². The summed E-state index contributed by atoms with van der Waals surface area (Å²) < 4.78 is 4.83. The summed E-state index contributed by atoms with van der Waals surface area (Å²) in [5.41, 5.74) is -1.06. The average Bonchev–Trinajstić information content (AvgIpc) is 2.55. The van der Waals surface area contributed by atoms with Gasteiger partial charge in [-0.3, -0.25) is 4.79 Å². The van der Waals surface area contributed by atoms with Crippen LogP contribution in [-0.4, -0.2) is 12.6 Å². The molecule has 0 aliphatic heterocycles. The van der Waals surface area contributed by atoms with Crippen molar-refractivity contribution in [3.8, 4) is 6.07 Å². The minimum absolute atomic E-state index is 0.200. The Balaban J connectivity index is 2.75. The van der Waals surface area contributed by atoms with Crippen molar-refractivity contribution < 1.29 is 9.53 Å². The SMILES string of the molecule is CCOC(=O)[C@@]1(C#N)CC1(C)C. The molecule has 0 aromatic rings. The van der Waals surface area contributed by atoms with Crippen molar-refractivity contribution in [1.29, 1.82) is 5.26 Å². The van der Waals surface area contributed by atoms with Crippen LogP contribution in [0.3, 0.4) is 0 Å². The molecule has 1 aliphatic rings. The molecule has 66 valence electrons. The molecule has 0 unspecified atom stereocenters. The van der Waals surface area contributed by atoms with Gasteiger partial charge in [0.1, 0.15) is 0 Å². The Morgan fingerprint density at radius 1 is 1.67 bits per heavy atom. The average molecular weight is 167 g/mol. The number of hydrogen-bond acceptors (Lipinski definition) is 3. The Bertz CT molecular complexity index is 252. The summed E-state index contributed by atoms with van der Waals surface area (Å²) in [7, 11) is 0. The predicted octanol–water partition coefficient (Wildman–Crippen LogP) is 1.49. The number of esters is 1. The fourth-order valence-corrected chi connectivity index (χ4v) is 1.46. The maximum Gasteiger partial charge on any atom is 0.327 e. The highest BCUT2D eigenvalue weighted by Crippen LogP contribution is 2.63. The lowest BCUT2D eigenvalue weighted by molar-refractivity contribution is -0.148. The molecule has 0 radical (unpaired) electrons. The molecule has 1 rings (SSSR count). The van der Waals surface area contributed by atoms with Crippen molar-refractivity contribution in [2.45, 2.75) is 27.2 Å². The lowest BCUT2D eigenvalue weighted by Crippen LogP contribution is -2.22. The zero-order valence-corrected chi connectivity index (χ0v) is 7.68. The molecule has 12 heavy (non-hydrogen) atoms. The van der Waals surface area contributed by atoms with Gasteiger partial charge in [-0.1, -0.05) is 13.8 Å². The smallest absolute Gasteiger partial charge is 0.327 e. The van der Waals surface area contributed by atoms with Gasteiger partial charge in [0.2, 0.25) is 0 Å². The van der Waals surface area contributed by atoms with E-state index in [0.29, 0.717) is 13.0 Å². The van der Waals surface area contributed by atoms with Crippen molar-refractivity contribution in [3.05, 3.63) is 0 Å². The first-order chi connectivity index (χ1) is 5.50. The Kier molecular flexibility index (Phi) is 1.87. The van der Waals surface area contributed by atoms with E-state index in [4.69, 9.17) is 10.00 Å². The Labute approximate surface area is 72.3 Å². The summed E-state index contributed by atoms with van der Waals surface area (Å²) in [6, 6.07) is 2.05. The van der Waals surface area contributed by atoms with Gasteiger partial charge in [-0.25, -0.2) is 0 Å². The summed E-state index contributed by atoms with van der Waals surface area (Å²) in [4.78, 5) is 11.3. The van der Waals surface area contributed by atoms with Crippen molar-refractivity contribution in [3.63, 3.8) is 0 Å². The molecule has 0 amide bonds.